The fourth-order valence-electron chi connectivity index (χ4n) is 3.90. The molecule has 0 spiro atoms. The van der Waals surface area contributed by atoms with Gasteiger partial charge in [0.2, 0.25) is 5.89 Å². The number of amides is 1. The number of carbonyl (C=O) groups is 1. The molecule has 1 saturated heterocycles. The van der Waals surface area contributed by atoms with Crippen molar-refractivity contribution < 1.29 is 13.9 Å². The van der Waals surface area contributed by atoms with E-state index in [4.69, 9.17) is 9.15 Å². The Morgan fingerprint density at radius 1 is 0.971 bits per heavy atom. The van der Waals surface area contributed by atoms with E-state index in [2.05, 4.69) is 20.2 Å². The second-order valence-corrected chi connectivity index (χ2v) is 8.25. The molecule has 1 amide bonds. The van der Waals surface area contributed by atoms with Crippen molar-refractivity contribution in [2.45, 2.75) is 13.5 Å². The molecule has 5 rings (SSSR count). The fourth-order valence-corrected chi connectivity index (χ4v) is 3.90. The van der Waals surface area contributed by atoms with E-state index in [1.807, 2.05) is 61.5 Å². The molecule has 0 atom stereocenters. The fraction of sp³-hybridized carbons (Fsp3) is 0.222. The van der Waals surface area contributed by atoms with Crippen LogP contribution in [-0.4, -0.2) is 42.2 Å². The van der Waals surface area contributed by atoms with Crippen molar-refractivity contribution in [3.63, 3.8) is 0 Å². The third kappa shape index (κ3) is 4.84. The lowest BCUT2D eigenvalue weighted by Crippen LogP contribution is -2.36. The quantitative estimate of drug-likeness (QED) is 0.463. The minimum Gasteiger partial charge on any atom is -0.436 e. The minimum atomic E-state index is -0.192. The van der Waals surface area contributed by atoms with Gasteiger partial charge in [-0.15, -0.1) is 0 Å². The molecule has 2 aromatic carbocycles. The summed E-state index contributed by atoms with van der Waals surface area (Å²) in [7, 11) is 0. The van der Waals surface area contributed by atoms with Crippen LogP contribution in [0.3, 0.4) is 0 Å². The molecule has 34 heavy (non-hydrogen) atoms. The van der Waals surface area contributed by atoms with Crippen molar-refractivity contribution in [2.24, 2.45) is 0 Å². The Morgan fingerprint density at radius 2 is 1.76 bits per heavy atom. The molecule has 1 aliphatic heterocycles. The van der Waals surface area contributed by atoms with Gasteiger partial charge in [-0.25, -0.2) is 9.97 Å². The van der Waals surface area contributed by atoms with Gasteiger partial charge in [-0.1, -0.05) is 48.0 Å². The van der Waals surface area contributed by atoms with Gasteiger partial charge in [0.1, 0.15) is 5.82 Å². The number of aromatic nitrogens is 2. The van der Waals surface area contributed by atoms with E-state index >= 15 is 0 Å². The highest BCUT2D eigenvalue weighted by molar-refractivity contribution is 6.00. The van der Waals surface area contributed by atoms with Crippen LogP contribution >= 0.6 is 0 Å². The van der Waals surface area contributed by atoms with Gasteiger partial charge in [0.15, 0.2) is 5.76 Å². The van der Waals surface area contributed by atoms with E-state index in [-0.39, 0.29) is 5.91 Å². The van der Waals surface area contributed by atoms with Crippen LogP contribution in [0.25, 0.3) is 22.8 Å². The van der Waals surface area contributed by atoms with Crippen LogP contribution in [-0.2, 0) is 11.3 Å². The highest BCUT2D eigenvalue weighted by Crippen LogP contribution is 2.28. The number of hydrogen-bond donors (Lipinski definition) is 1. The number of benzene rings is 2. The van der Waals surface area contributed by atoms with Crippen LogP contribution < -0.4 is 10.2 Å². The second kappa shape index (κ2) is 9.89. The van der Waals surface area contributed by atoms with E-state index in [1.54, 1.807) is 18.5 Å². The predicted octanol–water partition coefficient (Wildman–Crippen LogP) is 4.48. The number of oxazole rings is 1. The molecule has 7 heteroatoms. The van der Waals surface area contributed by atoms with Gasteiger partial charge in [0, 0.05) is 37.0 Å². The number of ether oxygens (including phenoxy) is 1. The van der Waals surface area contributed by atoms with Crippen molar-refractivity contribution in [3.8, 4) is 22.8 Å². The maximum Gasteiger partial charge on any atom is 0.252 e. The lowest BCUT2D eigenvalue weighted by molar-refractivity contribution is 0.0951. The molecule has 172 valence electrons. The van der Waals surface area contributed by atoms with Crippen molar-refractivity contribution in [1.29, 1.82) is 0 Å². The number of morpholine rings is 1. The Kier molecular flexibility index (Phi) is 6.35. The van der Waals surface area contributed by atoms with Gasteiger partial charge in [0.25, 0.3) is 5.91 Å². The zero-order chi connectivity index (χ0) is 23.3. The standard InChI is InChI=1S/C27H26N4O3/c1-19-6-9-21(10-7-19)24-18-30-27(34-24)23-5-3-2-4-22(23)26(32)29-17-20-8-11-25(28-16-20)31-12-14-33-15-13-31/h2-11,16,18H,12-15,17H2,1H3,(H,29,32). The molecule has 7 nitrogen and oxygen atoms in total. The molecular formula is C27H26N4O3. The molecule has 1 N–H and O–H groups in total. The average molecular weight is 455 g/mol. The number of pyridine rings is 1. The summed E-state index contributed by atoms with van der Waals surface area (Å²) < 4.78 is 11.4. The smallest absolute Gasteiger partial charge is 0.252 e. The summed E-state index contributed by atoms with van der Waals surface area (Å²) >= 11 is 0. The molecular weight excluding hydrogens is 428 g/mol. The van der Waals surface area contributed by atoms with Crippen LogP contribution in [0.5, 0.6) is 0 Å². The molecule has 1 aliphatic rings. The van der Waals surface area contributed by atoms with E-state index in [0.29, 0.717) is 29.3 Å². The summed E-state index contributed by atoms with van der Waals surface area (Å²) in [6.45, 7) is 5.53. The number of anilines is 1. The Morgan fingerprint density at radius 3 is 2.53 bits per heavy atom. The largest absolute Gasteiger partial charge is 0.436 e. The third-order valence-electron chi connectivity index (χ3n) is 5.84. The van der Waals surface area contributed by atoms with Crippen molar-refractivity contribution >= 4 is 11.7 Å². The van der Waals surface area contributed by atoms with Crippen LogP contribution in [0, 0.1) is 6.92 Å². The summed E-state index contributed by atoms with van der Waals surface area (Å²) in [4.78, 5) is 24.2. The number of nitrogens with one attached hydrogen (secondary N) is 1. The maximum atomic E-state index is 13.0. The van der Waals surface area contributed by atoms with Gasteiger partial charge < -0.3 is 19.4 Å². The van der Waals surface area contributed by atoms with E-state index < -0.39 is 0 Å². The second-order valence-electron chi connectivity index (χ2n) is 8.25. The van der Waals surface area contributed by atoms with Crippen molar-refractivity contribution in [3.05, 3.63) is 89.7 Å². The Labute approximate surface area is 198 Å². The minimum absolute atomic E-state index is 0.192. The highest BCUT2D eigenvalue weighted by Gasteiger charge is 2.17. The first-order valence-corrected chi connectivity index (χ1v) is 11.4. The summed E-state index contributed by atoms with van der Waals surface area (Å²) in [6.07, 6.45) is 3.50. The molecule has 0 bridgehead atoms. The Hall–Kier alpha value is -3.97. The van der Waals surface area contributed by atoms with Gasteiger partial charge >= 0.3 is 0 Å². The summed E-state index contributed by atoms with van der Waals surface area (Å²) in [6, 6.07) is 19.4. The lowest BCUT2D eigenvalue weighted by Gasteiger charge is -2.27. The molecule has 0 aliphatic carbocycles. The summed E-state index contributed by atoms with van der Waals surface area (Å²) in [5.74, 6) is 1.81. The Balaban J connectivity index is 1.28. The van der Waals surface area contributed by atoms with Gasteiger partial charge in [-0.2, -0.15) is 0 Å². The monoisotopic (exact) mass is 454 g/mol. The number of nitrogens with zero attached hydrogens (tertiary/aromatic N) is 3. The zero-order valence-corrected chi connectivity index (χ0v) is 19.0. The number of rotatable bonds is 6. The first kappa shape index (κ1) is 21.9. The first-order chi connectivity index (χ1) is 16.7. The highest BCUT2D eigenvalue weighted by atomic mass is 16.5. The normalized spacial score (nSPS) is 13.6. The first-order valence-electron chi connectivity index (χ1n) is 11.4. The summed E-state index contributed by atoms with van der Waals surface area (Å²) in [5, 5.41) is 2.99. The molecule has 3 heterocycles. The predicted molar refractivity (Wildman–Crippen MR) is 131 cm³/mol. The number of carbonyl (C=O) groups excluding carboxylic acids is 1. The van der Waals surface area contributed by atoms with E-state index in [9.17, 15) is 4.79 Å². The van der Waals surface area contributed by atoms with Gasteiger partial charge in [-0.3, -0.25) is 4.79 Å². The van der Waals surface area contributed by atoms with Gasteiger partial charge in [0.05, 0.1) is 25.0 Å². The van der Waals surface area contributed by atoms with Gasteiger partial charge in [-0.05, 0) is 30.7 Å². The molecule has 0 unspecified atom stereocenters. The van der Waals surface area contributed by atoms with Crippen LogP contribution in [0.15, 0.2) is 77.5 Å². The SMILES string of the molecule is Cc1ccc(-c2cnc(-c3ccccc3C(=O)NCc3ccc(N4CCOCC4)nc3)o2)cc1. The molecule has 2 aromatic heterocycles. The molecule has 0 radical (unpaired) electrons. The third-order valence-corrected chi connectivity index (χ3v) is 5.84. The van der Waals surface area contributed by atoms with E-state index in [1.165, 1.54) is 5.56 Å². The van der Waals surface area contributed by atoms with E-state index in [0.717, 1.165) is 43.2 Å². The van der Waals surface area contributed by atoms with Crippen LogP contribution in [0.1, 0.15) is 21.5 Å². The average Bonchev–Trinajstić information content (AvgIpc) is 3.39. The lowest BCUT2D eigenvalue weighted by atomic mass is 10.1. The number of aryl methyl sites for hydroxylation is 1. The van der Waals surface area contributed by atoms with Crippen LogP contribution in [0.4, 0.5) is 5.82 Å². The van der Waals surface area contributed by atoms with Crippen molar-refractivity contribution in [2.75, 3.05) is 31.2 Å². The molecule has 1 fully saturated rings. The maximum absolute atomic E-state index is 13.0. The van der Waals surface area contributed by atoms with Crippen LogP contribution in [0.2, 0.25) is 0 Å². The Bertz CT molecular complexity index is 1260. The molecule has 4 aromatic rings. The number of hydrogen-bond acceptors (Lipinski definition) is 6. The molecule has 0 saturated carbocycles. The zero-order valence-electron chi connectivity index (χ0n) is 19.0. The topological polar surface area (TPSA) is 80.5 Å². The van der Waals surface area contributed by atoms with Crippen molar-refractivity contribution in [1.82, 2.24) is 15.3 Å². The summed E-state index contributed by atoms with van der Waals surface area (Å²) in [5.41, 5.74) is 4.22.